The number of hydrogen-bond donors (Lipinski definition) is 1. The fraction of sp³-hybridized carbons (Fsp3) is 0.182. The number of aryl methyl sites for hydroxylation is 2. The Balaban J connectivity index is 1.72. The van der Waals surface area contributed by atoms with E-state index < -0.39 is 0 Å². The van der Waals surface area contributed by atoms with Gasteiger partial charge in [0.1, 0.15) is 11.5 Å². The summed E-state index contributed by atoms with van der Waals surface area (Å²) in [5.41, 5.74) is 5.81. The number of nitrogens with zero attached hydrogens (tertiary/aromatic N) is 2. The molecule has 0 spiro atoms. The van der Waals surface area contributed by atoms with Gasteiger partial charge in [0, 0.05) is 22.3 Å². The van der Waals surface area contributed by atoms with E-state index >= 15 is 0 Å². The van der Waals surface area contributed by atoms with Crippen LogP contribution in [0.15, 0.2) is 54.0 Å². The van der Waals surface area contributed by atoms with Crippen LogP contribution < -0.4 is 0 Å². The number of aromatic amines is 1. The summed E-state index contributed by atoms with van der Waals surface area (Å²) in [6.07, 6.45) is 0. The molecule has 0 aliphatic heterocycles. The molecule has 28 heavy (non-hydrogen) atoms. The lowest BCUT2D eigenvalue weighted by Gasteiger charge is -2.22. The number of halogens is 1. The highest BCUT2D eigenvalue weighted by atomic mass is 32.1. The number of thiazole rings is 1. The molecule has 142 valence electrons. The summed E-state index contributed by atoms with van der Waals surface area (Å²) in [5.74, 6) is -0.416. The number of aromatic nitrogens is 2. The molecule has 0 atom stereocenters. The van der Waals surface area contributed by atoms with Crippen molar-refractivity contribution in [2.45, 2.75) is 26.9 Å². The molecule has 0 unspecified atom stereocenters. The third-order valence-electron chi connectivity index (χ3n) is 4.92. The molecule has 4 aromatic rings. The predicted molar refractivity (Wildman–Crippen MR) is 110 cm³/mol. The molecule has 1 amide bonds. The van der Waals surface area contributed by atoms with Crippen LogP contribution in [-0.2, 0) is 13.1 Å². The highest BCUT2D eigenvalue weighted by molar-refractivity contribution is 7.09. The van der Waals surface area contributed by atoms with Crippen molar-refractivity contribution >= 4 is 28.1 Å². The van der Waals surface area contributed by atoms with Gasteiger partial charge in [0.25, 0.3) is 5.91 Å². The third-order valence-corrected chi connectivity index (χ3v) is 5.84. The molecule has 6 heteroatoms. The minimum absolute atomic E-state index is 0.106. The second kappa shape index (κ2) is 7.56. The first-order chi connectivity index (χ1) is 13.5. The Kier molecular flexibility index (Phi) is 4.96. The molecule has 4 nitrogen and oxygen atoms in total. The minimum Gasteiger partial charge on any atom is -0.350 e. The summed E-state index contributed by atoms with van der Waals surface area (Å²) >= 11 is 1.55. The number of rotatable bonds is 5. The third kappa shape index (κ3) is 3.55. The van der Waals surface area contributed by atoms with Gasteiger partial charge >= 0.3 is 0 Å². The first-order valence-electron chi connectivity index (χ1n) is 9.03. The van der Waals surface area contributed by atoms with Gasteiger partial charge < -0.3 is 9.88 Å². The number of amides is 1. The van der Waals surface area contributed by atoms with E-state index in [4.69, 9.17) is 0 Å². The lowest BCUT2D eigenvalue weighted by atomic mass is 10.1. The molecule has 2 heterocycles. The maximum Gasteiger partial charge on any atom is 0.271 e. The van der Waals surface area contributed by atoms with Crippen molar-refractivity contribution in [2.75, 3.05) is 0 Å². The summed E-state index contributed by atoms with van der Waals surface area (Å²) in [5, 5.41) is 0.733. The molecule has 4 rings (SSSR count). The number of carbonyl (C=O) groups excluding carboxylic acids is 1. The van der Waals surface area contributed by atoms with E-state index in [1.165, 1.54) is 12.1 Å². The smallest absolute Gasteiger partial charge is 0.271 e. The fourth-order valence-corrected chi connectivity index (χ4v) is 4.12. The molecule has 0 saturated carbocycles. The van der Waals surface area contributed by atoms with Crippen molar-refractivity contribution in [2.24, 2.45) is 0 Å². The Morgan fingerprint density at radius 1 is 1.14 bits per heavy atom. The van der Waals surface area contributed by atoms with Crippen molar-refractivity contribution in [3.63, 3.8) is 0 Å². The second-order valence-electron chi connectivity index (χ2n) is 6.82. The second-order valence-corrected chi connectivity index (χ2v) is 7.76. The standard InChI is InChI=1S/C22H20FN3OS/c1-14-18-10-17(23)8-9-19(18)25-21(14)22(27)26(11-16-6-4-3-5-7-16)12-20-15(2)24-13-28-20/h3-10,13,25H,11-12H2,1-2H3. The SMILES string of the molecule is Cc1ncsc1CN(Cc1ccccc1)C(=O)c1[nH]c2ccc(F)cc2c1C. The highest BCUT2D eigenvalue weighted by Crippen LogP contribution is 2.25. The van der Waals surface area contributed by atoms with Crippen molar-refractivity contribution in [1.29, 1.82) is 0 Å². The number of nitrogens with one attached hydrogen (secondary N) is 1. The first-order valence-corrected chi connectivity index (χ1v) is 9.91. The Morgan fingerprint density at radius 3 is 2.64 bits per heavy atom. The summed E-state index contributed by atoms with van der Waals surface area (Å²) in [7, 11) is 0. The Morgan fingerprint density at radius 2 is 1.93 bits per heavy atom. The number of benzene rings is 2. The molecule has 0 radical (unpaired) electrons. The van der Waals surface area contributed by atoms with Crippen LogP contribution in [0.4, 0.5) is 4.39 Å². The fourth-order valence-electron chi connectivity index (χ4n) is 3.33. The van der Waals surface area contributed by atoms with Gasteiger partial charge in [-0.05, 0) is 43.2 Å². The largest absolute Gasteiger partial charge is 0.350 e. The van der Waals surface area contributed by atoms with Crippen LogP contribution in [0.25, 0.3) is 10.9 Å². The Hall–Kier alpha value is -2.99. The van der Waals surface area contributed by atoms with E-state index in [0.29, 0.717) is 18.8 Å². The summed E-state index contributed by atoms with van der Waals surface area (Å²) in [6, 6.07) is 14.4. The molecule has 0 aliphatic carbocycles. The molecule has 0 saturated heterocycles. The maximum atomic E-state index is 13.7. The zero-order chi connectivity index (χ0) is 19.7. The van der Waals surface area contributed by atoms with Gasteiger partial charge in [0.05, 0.1) is 17.7 Å². The van der Waals surface area contributed by atoms with Crippen LogP contribution in [0.3, 0.4) is 0 Å². The molecule has 1 N–H and O–H groups in total. The van der Waals surface area contributed by atoms with Crippen molar-refractivity contribution in [1.82, 2.24) is 14.9 Å². The van der Waals surface area contributed by atoms with Gasteiger partial charge in [-0.2, -0.15) is 0 Å². The monoisotopic (exact) mass is 393 g/mol. The average molecular weight is 393 g/mol. The van der Waals surface area contributed by atoms with Crippen LogP contribution in [0, 0.1) is 19.7 Å². The van der Waals surface area contributed by atoms with Gasteiger partial charge in [-0.3, -0.25) is 4.79 Å². The predicted octanol–water partition coefficient (Wildman–Crippen LogP) is 5.22. The van der Waals surface area contributed by atoms with E-state index in [2.05, 4.69) is 9.97 Å². The lowest BCUT2D eigenvalue weighted by Crippen LogP contribution is -2.30. The van der Waals surface area contributed by atoms with E-state index in [9.17, 15) is 9.18 Å². The number of hydrogen-bond acceptors (Lipinski definition) is 3. The molecule has 0 fully saturated rings. The first kappa shape index (κ1) is 18.4. The van der Waals surface area contributed by atoms with Gasteiger partial charge in [-0.25, -0.2) is 9.37 Å². The number of fused-ring (bicyclic) bond motifs is 1. The Bertz CT molecular complexity index is 1130. The van der Waals surface area contributed by atoms with E-state index in [1.54, 1.807) is 22.9 Å². The lowest BCUT2D eigenvalue weighted by molar-refractivity contribution is 0.0725. The van der Waals surface area contributed by atoms with Gasteiger partial charge in [0.15, 0.2) is 0 Å². The van der Waals surface area contributed by atoms with Crippen molar-refractivity contribution in [3.05, 3.63) is 87.3 Å². The normalized spacial score (nSPS) is 11.1. The zero-order valence-electron chi connectivity index (χ0n) is 15.7. The van der Waals surface area contributed by atoms with E-state index in [-0.39, 0.29) is 11.7 Å². The Labute approximate surface area is 166 Å². The molecule has 0 aliphatic rings. The van der Waals surface area contributed by atoms with Crippen LogP contribution in [0.1, 0.15) is 32.2 Å². The van der Waals surface area contributed by atoms with Crippen LogP contribution in [0.5, 0.6) is 0 Å². The number of carbonyl (C=O) groups is 1. The van der Waals surface area contributed by atoms with Gasteiger partial charge in [-0.15, -0.1) is 11.3 Å². The van der Waals surface area contributed by atoms with Gasteiger partial charge in [0.2, 0.25) is 0 Å². The topological polar surface area (TPSA) is 49.0 Å². The molecule has 2 aromatic carbocycles. The minimum atomic E-state index is -0.310. The average Bonchev–Trinajstić information content (AvgIpc) is 3.25. The zero-order valence-corrected chi connectivity index (χ0v) is 16.5. The van der Waals surface area contributed by atoms with E-state index in [0.717, 1.165) is 32.6 Å². The molecule has 2 aromatic heterocycles. The summed E-state index contributed by atoms with van der Waals surface area (Å²) in [4.78, 5) is 23.8. The summed E-state index contributed by atoms with van der Waals surface area (Å²) < 4.78 is 13.7. The van der Waals surface area contributed by atoms with Crippen molar-refractivity contribution in [3.8, 4) is 0 Å². The molecular weight excluding hydrogens is 373 g/mol. The summed E-state index contributed by atoms with van der Waals surface area (Å²) in [6.45, 7) is 4.77. The molecular formula is C22H20FN3OS. The van der Waals surface area contributed by atoms with Gasteiger partial charge in [-0.1, -0.05) is 30.3 Å². The number of H-pyrrole nitrogens is 1. The van der Waals surface area contributed by atoms with Crippen molar-refractivity contribution < 1.29 is 9.18 Å². The van der Waals surface area contributed by atoms with Crippen LogP contribution in [-0.4, -0.2) is 20.8 Å². The highest BCUT2D eigenvalue weighted by Gasteiger charge is 2.23. The van der Waals surface area contributed by atoms with Crippen LogP contribution >= 0.6 is 11.3 Å². The quantitative estimate of drug-likeness (QED) is 0.505. The maximum absolute atomic E-state index is 13.7. The molecule has 0 bridgehead atoms. The van der Waals surface area contributed by atoms with Crippen LogP contribution in [0.2, 0.25) is 0 Å². The van der Waals surface area contributed by atoms with E-state index in [1.807, 2.05) is 49.1 Å².